The van der Waals surface area contributed by atoms with Crippen LogP contribution in [0.15, 0.2) is 65.8 Å². The van der Waals surface area contributed by atoms with Crippen LogP contribution < -0.4 is 5.43 Å². The van der Waals surface area contributed by atoms with Gasteiger partial charge in [0.2, 0.25) is 0 Å². The monoisotopic (exact) mass is 336 g/mol. The van der Waals surface area contributed by atoms with Gasteiger partial charge >= 0.3 is 0 Å². The first kappa shape index (κ1) is 17.3. The number of piperazine rings is 1. The summed E-state index contributed by atoms with van der Waals surface area (Å²) in [4.78, 5) is 16.6. The Labute approximate surface area is 148 Å². The zero-order valence-corrected chi connectivity index (χ0v) is 14.3. The average molecular weight is 336 g/mol. The van der Waals surface area contributed by atoms with Gasteiger partial charge in [0.05, 0.1) is 12.8 Å². The van der Waals surface area contributed by atoms with E-state index in [1.54, 1.807) is 6.21 Å². The van der Waals surface area contributed by atoms with Crippen molar-refractivity contribution in [2.24, 2.45) is 5.10 Å². The number of amides is 1. The van der Waals surface area contributed by atoms with Gasteiger partial charge in [0, 0.05) is 32.7 Å². The third-order valence-corrected chi connectivity index (χ3v) is 4.28. The Morgan fingerprint density at radius 3 is 2.20 bits per heavy atom. The second kappa shape index (κ2) is 9.11. The van der Waals surface area contributed by atoms with Gasteiger partial charge in [-0.2, -0.15) is 5.10 Å². The Hall–Kier alpha value is -2.50. The van der Waals surface area contributed by atoms with Gasteiger partial charge in [-0.1, -0.05) is 60.7 Å². The summed E-state index contributed by atoms with van der Waals surface area (Å²) in [6.45, 7) is 5.14. The number of hydrazone groups is 1. The van der Waals surface area contributed by atoms with Crippen molar-refractivity contribution in [1.82, 2.24) is 15.2 Å². The minimum atomic E-state index is -0.0660. The van der Waals surface area contributed by atoms with Crippen LogP contribution in [-0.2, 0) is 11.3 Å². The summed E-state index contributed by atoms with van der Waals surface area (Å²) in [7, 11) is 0. The molecule has 0 bridgehead atoms. The molecule has 25 heavy (non-hydrogen) atoms. The van der Waals surface area contributed by atoms with E-state index >= 15 is 0 Å². The number of benzene rings is 2. The molecular weight excluding hydrogens is 312 g/mol. The lowest BCUT2D eigenvalue weighted by Gasteiger charge is -2.34. The fraction of sp³-hybridized carbons (Fsp3) is 0.300. The molecule has 1 N–H and O–H groups in total. The number of hydrogen-bond acceptors (Lipinski definition) is 4. The maximum atomic E-state index is 12.0. The fourth-order valence-electron chi connectivity index (χ4n) is 2.90. The highest BCUT2D eigenvalue weighted by Gasteiger charge is 2.18. The molecule has 1 aliphatic heterocycles. The van der Waals surface area contributed by atoms with Gasteiger partial charge < -0.3 is 0 Å². The van der Waals surface area contributed by atoms with Crippen molar-refractivity contribution in [3.05, 3.63) is 71.8 Å². The zero-order chi connectivity index (χ0) is 17.3. The first-order valence-corrected chi connectivity index (χ1v) is 8.65. The average Bonchev–Trinajstić information content (AvgIpc) is 2.65. The van der Waals surface area contributed by atoms with Crippen molar-refractivity contribution < 1.29 is 4.79 Å². The Kier molecular flexibility index (Phi) is 6.31. The van der Waals surface area contributed by atoms with Crippen molar-refractivity contribution in [3.63, 3.8) is 0 Å². The molecule has 2 aromatic rings. The van der Waals surface area contributed by atoms with Crippen molar-refractivity contribution in [2.45, 2.75) is 6.54 Å². The molecule has 5 heteroatoms. The van der Waals surface area contributed by atoms with Crippen LogP contribution in [0.1, 0.15) is 11.1 Å². The SMILES string of the molecule is O=C(CN1CCN(Cc2ccccc2)CC1)NN=Cc1ccccc1. The van der Waals surface area contributed by atoms with Crippen LogP contribution in [-0.4, -0.2) is 54.6 Å². The normalized spacial score (nSPS) is 16.2. The van der Waals surface area contributed by atoms with E-state index in [0.717, 1.165) is 38.3 Å². The molecule has 1 amide bonds. The Morgan fingerprint density at radius 2 is 1.52 bits per heavy atom. The van der Waals surface area contributed by atoms with Crippen molar-refractivity contribution in [1.29, 1.82) is 0 Å². The largest absolute Gasteiger partial charge is 0.297 e. The first-order chi connectivity index (χ1) is 12.3. The summed E-state index contributed by atoms with van der Waals surface area (Å²) in [6.07, 6.45) is 1.66. The number of hydrogen-bond donors (Lipinski definition) is 1. The van der Waals surface area contributed by atoms with Gasteiger partial charge in [0.25, 0.3) is 5.91 Å². The summed E-state index contributed by atoms with van der Waals surface area (Å²) in [5.41, 5.74) is 4.91. The molecule has 1 fully saturated rings. The van der Waals surface area contributed by atoms with E-state index in [0.29, 0.717) is 6.54 Å². The second-order valence-corrected chi connectivity index (χ2v) is 6.24. The van der Waals surface area contributed by atoms with E-state index in [1.807, 2.05) is 36.4 Å². The van der Waals surface area contributed by atoms with Crippen LogP contribution in [0.2, 0.25) is 0 Å². The highest BCUT2D eigenvalue weighted by Crippen LogP contribution is 2.08. The smallest absolute Gasteiger partial charge is 0.254 e. The molecular formula is C20H24N4O. The lowest BCUT2D eigenvalue weighted by Crippen LogP contribution is -2.48. The highest BCUT2D eigenvalue weighted by molar-refractivity contribution is 5.83. The van der Waals surface area contributed by atoms with Crippen LogP contribution >= 0.6 is 0 Å². The molecule has 130 valence electrons. The molecule has 5 nitrogen and oxygen atoms in total. The minimum absolute atomic E-state index is 0.0660. The molecule has 1 heterocycles. The van der Waals surface area contributed by atoms with Gasteiger partial charge in [-0.05, 0) is 11.1 Å². The summed E-state index contributed by atoms with van der Waals surface area (Å²) < 4.78 is 0. The van der Waals surface area contributed by atoms with Gasteiger partial charge in [-0.3, -0.25) is 14.6 Å². The van der Waals surface area contributed by atoms with E-state index in [4.69, 9.17) is 0 Å². The zero-order valence-electron chi connectivity index (χ0n) is 14.3. The molecule has 0 aromatic heterocycles. The Morgan fingerprint density at radius 1 is 0.920 bits per heavy atom. The summed E-state index contributed by atoms with van der Waals surface area (Å²) in [5, 5.41) is 4.02. The van der Waals surface area contributed by atoms with E-state index in [2.05, 4.69) is 44.6 Å². The molecule has 3 rings (SSSR count). The lowest BCUT2D eigenvalue weighted by atomic mass is 10.2. The fourth-order valence-corrected chi connectivity index (χ4v) is 2.90. The van der Waals surface area contributed by atoms with E-state index in [1.165, 1.54) is 5.56 Å². The predicted octanol–water partition coefficient (Wildman–Crippen LogP) is 1.95. The van der Waals surface area contributed by atoms with E-state index in [9.17, 15) is 4.79 Å². The highest BCUT2D eigenvalue weighted by atomic mass is 16.2. The minimum Gasteiger partial charge on any atom is -0.297 e. The van der Waals surface area contributed by atoms with Crippen LogP contribution in [0.4, 0.5) is 0 Å². The Bertz CT molecular complexity index is 679. The number of carbonyl (C=O) groups is 1. The molecule has 0 radical (unpaired) electrons. The van der Waals surface area contributed by atoms with Crippen LogP contribution in [0.3, 0.4) is 0 Å². The van der Waals surface area contributed by atoms with E-state index < -0.39 is 0 Å². The summed E-state index contributed by atoms with van der Waals surface area (Å²) in [6, 6.07) is 20.2. The number of rotatable bonds is 6. The molecule has 0 aliphatic carbocycles. The first-order valence-electron chi connectivity index (χ1n) is 8.65. The molecule has 0 unspecified atom stereocenters. The van der Waals surface area contributed by atoms with Crippen LogP contribution in [0.5, 0.6) is 0 Å². The van der Waals surface area contributed by atoms with E-state index in [-0.39, 0.29) is 5.91 Å². The quantitative estimate of drug-likeness (QED) is 0.648. The topological polar surface area (TPSA) is 47.9 Å². The van der Waals surface area contributed by atoms with Crippen molar-refractivity contribution >= 4 is 12.1 Å². The van der Waals surface area contributed by atoms with Gasteiger partial charge in [0.15, 0.2) is 0 Å². The standard InChI is InChI=1S/C20H24N4O/c25-20(22-21-15-18-7-3-1-4-8-18)17-24-13-11-23(12-14-24)16-19-9-5-2-6-10-19/h1-10,15H,11-14,16-17H2,(H,22,25). The number of carbonyl (C=O) groups excluding carboxylic acids is 1. The summed E-state index contributed by atoms with van der Waals surface area (Å²) in [5.74, 6) is -0.0660. The maximum Gasteiger partial charge on any atom is 0.254 e. The van der Waals surface area contributed by atoms with Gasteiger partial charge in [-0.25, -0.2) is 5.43 Å². The van der Waals surface area contributed by atoms with Crippen molar-refractivity contribution in [3.8, 4) is 0 Å². The molecule has 1 saturated heterocycles. The number of nitrogens with one attached hydrogen (secondary N) is 1. The predicted molar refractivity (Wildman–Crippen MR) is 100 cm³/mol. The summed E-state index contributed by atoms with van der Waals surface area (Å²) >= 11 is 0. The molecule has 0 saturated carbocycles. The lowest BCUT2D eigenvalue weighted by molar-refractivity contribution is -0.122. The maximum absolute atomic E-state index is 12.0. The van der Waals surface area contributed by atoms with Crippen LogP contribution in [0, 0.1) is 0 Å². The third-order valence-electron chi connectivity index (χ3n) is 4.28. The number of nitrogens with zero attached hydrogens (tertiary/aromatic N) is 3. The molecule has 1 aliphatic rings. The second-order valence-electron chi connectivity index (χ2n) is 6.24. The molecule has 2 aromatic carbocycles. The third kappa shape index (κ3) is 5.81. The van der Waals surface area contributed by atoms with Crippen molar-refractivity contribution in [2.75, 3.05) is 32.7 Å². The molecule has 0 spiro atoms. The Balaban J connectivity index is 1.37. The van der Waals surface area contributed by atoms with Gasteiger partial charge in [-0.15, -0.1) is 0 Å². The van der Waals surface area contributed by atoms with Gasteiger partial charge in [0.1, 0.15) is 0 Å². The molecule has 0 atom stereocenters. The van der Waals surface area contributed by atoms with Crippen LogP contribution in [0.25, 0.3) is 0 Å².